The van der Waals surface area contributed by atoms with Crippen LogP contribution in [0, 0.1) is 0 Å². The third kappa shape index (κ3) is 6.12. The van der Waals surface area contributed by atoms with E-state index in [0.717, 1.165) is 6.54 Å². The van der Waals surface area contributed by atoms with Gasteiger partial charge in [-0.1, -0.05) is 18.6 Å². The lowest BCUT2D eigenvalue weighted by molar-refractivity contribution is 0.220. The second-order valence-electron chi connectivity index (χ2n) is 4.78. The molecular weight excluding hydrogens is 295 g/mol. The molecule has 0 spiro atoms. The molecule has 0 bridgehead atoms. The van der Waals surface area contributed by atoms with Crippen molar-refractivity contribution < 1.29 is 4.74 Å². The average Bonchev–Trinajstić information content (AvgIpc) is 2.45. The Morgan fingerprint density at radius 3 is 2.80 bits per heavy atom. The van der Waals surface area contributed by atoms with Crippen molar-refractivity contribution in [1.29, 1.82) is 0 Å². The fourth-order valence-corrected chi connectivity index (χ4v) is 2.39. The van der Waals surface area contributed by atoms with E-state index in [0.29, 0.717) is 18.4 Å². The number of alkyl halides is 1. The molecule has 1 aliphatic heterocycles. The molecular formula is C15H22Cl2N2O. The predicted molar refractivity (Wildman–Crippen MR) is 86.0 cm³/mol. The summed E-state index contributed by atoms with van der Waals surface area (Å²) in [6.45, 7) is 3.93. The molecule has 2 rings (SSSR count). The smallest absolute Gasteiger partial charge is 0.213 e. The van der Waals surface area contributed by atoms with Crippen LogP contribution in [0.4, 0.5) is 0 Å². The van der Waals surface area contributed by atoms with Crippen LogP contribution < -0.4 is 4.74 Å². The van der Waals surface area contributed by atoms with Gasteiger partial charge in [0, 0.05) is 24.7 Å². The maximum absolute atomic E-state index is 5.56. The van der Waals surface area contributed by atoms with Gasteiger partial charge in [0.1, 0.15) is 6.61 Å². The van der Waals surface area contributed by atoms with Crippen LogP contribution >= 0.6 is 24.0 Å². The fraction of sp³-hybridized carbons (Fsp3) is 0.533. The standard InChI is InChI=1S/C15H21ClN2O.ClH/c16-7-2-5-11-19-15-12-14(6-8-17-15)13-18-9-3-1-4-10-18;/h2,5-6,8,12H,1,3-4,7,9-11,13H2;1H/b5-2+;. The van der Waals surface area contributed by atoms with E-state index in [1.165, 1.54) is 37.9 Å². The van der Waals surface area contributed by atoms with Gasteiger partial charge in [0.15, 0.2) is 0 Å². The Hall–Kier alpha value is -0.770. The summed E-state index contributed by atoms with van der Waals surface area (Å²) in [6.07, 6.45) is 9.61. The van der Waals surface area contributed by atoms with Crippen molar-refractivity contribution in [3.63, 3.8) is 0 Å². The number of hydrogen-bond acceptors (Lipinski definition) is 3. The molecule has 3 nitrogen and oxygen atoms in total. The molecule has 20 heavy (non-hydrogen) atoms. The summed E-state index contributed by atoms with van der Waals surface area (Å²) in [5.74, 6) is 1.21. The minimum absolute atomic E-state index is 0. The Bertz CT molecular complexity index is 407. The summed E-state index contributed by atoms with van der Waals surface area (Å²) in [4.78, 5) is 6.72. The Balaban J connectivity index is 0.00000200. The molecule has 0 unspecified atom stereocenters. The quantitative estimate of drug-likeness (QED) is 0.591. The van der Waals surface area contributed by atoms with Crippen LogP contribution in [-0.4, -0.2) is 35.5 Å². The summed E-state index contributed by atoms with van der Waals surface area (Å²) in [7, 11) is 0. The van der Waals surface area contributed by atoms with E-state index in [9.17, 15) is 0 Å². The van der Waals surface area contributed by atoms with Crippen LogP contribution in [0.5, 0.6) is 5.88 Å². The number of likely N-dealkylation sites (tertiary alicyclic amines) is 1. The first-order chi connectivity index (χ1) is 9.38. The highest BCUT2D eigenvalue weighted by Gasteiger charge is 2.10. The van der Waals surface area contributed by atoms with Crippen LogP contribution in [0.25, 0.3) is 0 Å². The zero-order chi connectivity index (χ0) is 13.3. The van der Waals surface area contributed by atoms with E-state index in [-0.39, 0.29) is 12.4 Å². The normalized spacial score (nSPS) is 16.1. The molecule has 0 aromatic carbocycles. The van der Waals surface area contributed by atoms with Crippen molar-refractivity contribution >= 4 is 24.0 Å². The number of pyridine rings is 1. The van der Waals surface area contributed by atoms with E-state index in [1.807, 2.05) is 24.4 Å². The summed E-state index contributed by atoms with van der Waals surface area (Å²) in [5, 5.41) is 0. The summed E-state index contributed by atoms with van der Waals surface area (Å²) >= 11 is 5.55. The van der Waals surface area contributed by atoms with Crippen LogP contribution in [0.2, 0.25) is 0 Å². The molecule has 0 amide bonds. The number of hydrogen-bond donors (Lipinski definition) is 0. The number of rotatable bonds is 6. The number of allylic oxidation sites excluding steroid dienone is 1. The zero-order valence-electron chi connectivity index (χ0n) is 11.6. The van der Waals surface area contributed by atoms with E-state index < -0.39 is 0 Å². The summed E-state index contributed by atoms with van der Waals surface area (Å²) in [6, 6.07) is 4.10. The van der Waals surface area contributed by atoms with E-state index in [4.69, 9.17) is 16.3 Å². The van der Waals surface area contributed by atoms with Gasteiger partial charge in [0.05, 0.1) is 0 Å². The van der Waals surface area contributed by atoms with Crippen LogP contribution in [0.3, 0.4) is 0 Å². The van der Waals surface area contributed by atoms with Gasteiger partial charge in [0.2, 0.25) is 5.88 Å². The number of nitrogens with zero attached hydrogens (tertiary/aromatic N) is 2. The van der Waals surface area contributed by atoms with Gasteiger partial charge in [-0.3, -0.25) is 4.90 Å². The van der Waals surface area contributed by atoms with Crippen molar-refractivity contribution in [2.24, 2.45) is 0 Å². The maximum atomic E-state index is 5.56. The minimum Gasteiger partial charge on any atom is -0.473 e. The lowest BCUT2D eigenvalue weighted by atomic mass is 10.1. The highest BCUT2D eigenvalue weighted by Crippen LogP contribution is 2.15. The first-order valence-electron chi connectivity index (χ1n) is 6.89. The van der Waals surface area contributed by atoms with Gasteiger partial charge >= 0.3 is 0 Å². The van der Waals surface area contributed by atoms with Crippen molar-refractivity contribution in [3.05, 3.63) is 36.0 Å². The molecule has 1 aromatic heterocycles. The van der Waals surface area contributed by atoms with Crippen molar-refractivity contribution in [2.45, 2.75) is 25.8 Å². The maximum Gasteiger partial charge on any atom is 0.213 e. The summed E-state index contributed by atoms with van der Waals surface area (Å²) < 4.78 is 5.56. The molecule has 0 atom stereocenters. The molecule has 1 saturated heterocycles. The summed E-state index contributed by atoms with van der Waals surface area (Å²) in [5.41, 5.74) is 1.27. The number of piperidine rings is 1. The third-order valence-electron chi connectivity index (χ3n) is 3.24. The molecule has 5 heteroatoms. The first kappa shape index (κ1) is 17.3. The third-order valence-corrected chi connectivity index (χ3v) is 3.42. The lowest BCUT2D eigenvalue weighted by Gasteiger charge is -2.26. The van der Waals surface area contributed by atoms with Gasteiger partial charge in [0.25, 0.3) is 0 Å². The SMILES string of the molecule is Cl.ClC/C=C/COc1cc(CN2CCCCC2)ccn1. The van der Waals surface area contributed by atoms with Gasteiger partial charge < -0.3 is 4.74 Å². The first-order valence-corrected chi connectivity index (χ1v) is 7.43. The van der Waals surface area contributed by atoms with Crippen molar-refractivity contribution in [1.82, 2.24) is 9.88 Å². The second-order valence-corrected chi connectivity index (χ2v) is 5.08. The minimum atomic E-state index is 0. The Kier molecular flexibility index (Phi) is 8.67. The molecule has 1 aromatic rings. The molecule has 0 saturated carbocycles. The van der Waals surface area contributed by atoms with Gasteiger partial charge in [-0.2, -0.15) is 0 Å². The molecule has 1 aliphatic rings. The number of halogens is 2. The molecule has 0 radical (unpaired) electrons. The van der Waals surface area contributed by atoms with Gasteiger partial charge in [-0.05, 0) is 37.6 Å². The average molecular weight is 317 g/mol. The van der Waals surface area contributed by atoms with Crippen molar-refractivity contribution in [2.75, 3.05) is 25.6 Å². The van der Waals surface area contributed by atoms with Gasteiger partial charge in [-0.25, -0.2) is 4.98 Å². The van der Waals surface area contributed by atoms with Crippen LogP contribution in [0.15, 0.2) is 30.5 Å². The van der Waals surface area contributed by atoms with Crippen LogP contribution in [0.1, 0.15) is 24.8 Å². The van der Waals surface area contributed by atoms with E-state index in [1.54, 1.807) is 0 Å². The Labute approximate surface area is 132 Å². The Morgan fingerprint density at radius 1 is 1.25 bits per heavy atom. The number of aromatic nitrogens is 1. The van der Waals surface area contributed by atoms with Gasteiger partial charge in [-0.15, -0.1) is 24.0 Å². The zero-order valence-corrected chi connectivity index (χ0v) is 13.2. The predicted octanol–water partition coefficient (Wildman–Crippen LogP) is 3.66. The highest BCUT2D eigenvalue weighted by molar-refractivity contribution is 6.18. The lowest BCUT2D eigenvalue weighted by Crippen LogP contribution is -2.29. The number of ether oxygens (including phenoxy) is 1. The molecule has 2 heterocycles. The highest BCUT2D eigenvalue weighted by atomic mass is 35.5. The van der Waals surface area contributed by atoms with Crippen molar-refractivity contribution in [3.8, 4) is 5.88 Å². The molecule has 112 valence electrons. The largest absolute Gasteiger partial charge is 0.473 e. The molecule has 0 aliphatic carbocycles. The fourth-order valence-electron chi connectivity index (χ4n) is 2.27. The van der Waals surface area contributed by atoms with E-state index in [2.05, 4.69) is 16.0 Å². The molecule has 1 fully saturated rings. The molecule has 0 N–H and O–H groups in total. The Morgan fingerprint density at radius 2 is 2.05 bits per heavy atom. The monoisotopic (exact) mass is 316 g/mol. The second kappa shape index (κ2) is 10.0. The van der Waals surface area contributed by atoms with E-state index >= 15 is 0 Å². The topological polar surface area (TPSA) is 25.4 Å². The van der Waals surface area contributed by atoms with Crippen LogP contribution in [-0.2, 0) is 6.54 Å².